The van der Waals surface area contributed by atoms with Gasteiger partial charge in [0.15, 0.2) is 6.10 Å². The van der Waals surface area contributed by atoms with Crippen molar-refractivity contribution in [1.29, 1.82) is 0 Å². The summed E-state index contributed by atoms with van der Waals surface area (Å²) < 4.78 is 5.66. The SMILES string of the molecule is CC(=O)OC(CC(C(C)C)N(C)C(=O)CC1CSC1)c1nc(C(=O)N[C@@H](Cc2ncc(C)cn2)CC(C)C(=O)O)cs1. The van der Waals surface area contributed by atoms with Gasteiger partial charge in [-0.25, -0.2) is 15.0 Å². The van der Waals surface area contributed by atoms with Crippen molar-refractivity contribution in [2.24, 2.45) is 17.8 Å². The summed E-state index contributed by atoms with van der Waals surface area (Å²) in [7, 11) is 1.79. The van der Waals surface area contributed by atoms with E-state index in [0.717, 1.165) is 17.1 Å². The smallest absolute Gasteiger partial charge is 0.306 e. The third-order valence-corrected chi connectivity index (χ3v) is 9.63. The first-order chi connectivity index (χ1) is 19.8. The van der Waals surface area contributed by atoms with E-state index in [1.807, 2.05) is 32.5 Å². The standard InChI is InChI=1S/C29H41N5O6S2/c1-16(2)23(34(6)26(36)8-20-13-41-14-20)10-24(40-19(5)35)28-33-22(15-42-28)27(37)32-21(7-18(4)29(38)39)9-25-30-11-17(3)12-31-25/h11-12,15-16,18,20-21,23-24H,7-10,13-14H2,1-6H3,(H,32,37)(H,38,39)/t18?,21-,23?,24?/m1/s1. The normalized spacial score (nSPS) is 16.2. The highest BCUT2D eigenvalue weighted by Crippen LogP contribution is 2.32. The third kappa shape index (κ3) is 9.75. The van der Waals surface area contributed by atoms with Gasteiger partial charge >= 0.3 is 11.9 Å². The van der Waals surface area contributed by atoms with Gasteiger partial charge in [0, 0.05) is 63.1 Å². The highest BCUT2D eigenvalue weighted by atomic mass is 32.2. The average molecular weight is 620 g/mol. The van der Waals surface area contributed by atoms with Crippen LogP contribution in [0.4, 0.5) is 0 Å². The number of amides is 2. The largest absolute Gasteiger partial charge is 0.481 e. The molecule has 11 nitrogen and oxygen atoms in total. The Morgan fingerprint density at radius 3 is 2.36 bits per heavy atom. The van der Waals surface area contributed by atoms with E-state index in [1.54, 1.807) is 36.6 Å². The summed E-state index contributed by atoms with van der Waals surface area (Å²) in [5.74, 6) is 0.444. The summed E-state index contributed by atoms with van der Waals surface area (Å²) in [6, 6.07) is -0.744. The number of nitrogens with zero attached hydrogens (tertiary/aromatic N) is 4. The maximum Gasteiger partial charge on any atom is 0.306 e. The highest BCUT2D eigenvalue weighted by Gasteiger charge is 2.32. The van der Waals surface area contributed by atoms with E-state index in [0.29, 0.717) is 29.6 Å². The summed E-state index contributed by atoms with van der Waals surface area (Å²) in [4.78, 5) is 64.7. The maximum atomic E-state index is 13.3. The lowest BCUT2D eigenvalue weighted by Crippen LogP contribution is -2.43. The number of aryl methyl sites for hydroxylation is 1. The second kappa shape index (κ2) is 15.4. The molecular weight excluding hydrogens is 578 g/mol. The molecule has 0 saturated carbocycles. The van der Waals surface area contributed by atoms with Gasteiger partial charge in [0.05, 0.1) is 5.92 Å². The molecule has 2 amide bonds. The predicted octanol–water partition coefficient (Wildman–Crippen LogP) is 3.92. The van der Waals surface area contributed by atoms with Crippen LogP contribution in [0, 0.1) is 24.7 Å². The Morgan fingerprint density at radius 1 is 1.14 bits per heavy atom. The molecule has 1 saturated heterocycles. The lowest BCUT2D eigenvalue weighted by Gasteiger charge is -2.35. The molecule has 3 rings (SSSR count). The van der Waals surface area contributed by atoms with Gasteiger partial charge in [0.1, 0.15) is 16.5 Å². The van der Waals surface area contributed by atoms with Gasteiger partial charge in [-0.3, -0.25) is 19.2 Å². The Hall–Kier alpha value is -3.06. The average Bonchev–Trinajstić information content (AvgIpc) is 3.39. The number of ether oxygens (including phenoxy) is 1. The van der Waals surface area contributed by atoms with E-state index in [2.05, 4.69) is 20.3 Å². The van der Waals surface area contributed by atoms with E-state index < -0.39 is 35.9 Å². The zero-order valence-corrected chi connectivity index (χ0v) is 26.7. The van der Waals surface area contributed by atoms with Crippen LogP contribution in [-0.2, 0) is 25.5 Å². The van der Waals surface area contributed by atoms with E-state index in [4.69, 9.17) is 4.74 Å². The van der Waals surface area contributed by atoms with Crippen molar-refractivity contribution >= 4 is 46.9 Å². The second-order valence-corrected chi connectivity index (χ2v) is 13.3. The molecule has 2 aromatic heterocycles. The Kier molecular flexibility index (Phi) is 12.3. The number of carbonyl (C=O) groups is 4. The van der Waals surface area contributed by atoms with Gasteiger partial charge < -0.3 is 20.1 Å². The topological polar surface area (TPSA) is 152 Å². The summed E-state index contributed by atoms with van der Waals surface area (Å²) in [5.41, 5.74) is 1.03. The van der Waals surface area contributed by atoms with Gasteiger partial charge in [-0.2, -0.15) is 11.8 Å². The van der Waals surface area contributed by atoms with Crippen molar-refractivity contribution in [3.05, 3.63) is 39.9 Å². The summed E-state index contributed by atoms with van der Waals surface area (Å²) in [6.07, 6.45) is 3.89. The number of carboxylic acids is 1. The first-order valence-corrected chi connectivity index (χ1v) is 16.1. The van der Waals surface area contributed by atoms with E-state index in [1.165, 1.54) is 18.3 Å². The number of aliphatic carboxylic acids is 1. The number of rotatable bonds is 15. The molecule has 0 aromatic carbocycles. The lowest BCUT2D eigenvalue weighted by molar-refractivity contribution is -0.148. The minimum atomic E-state index is -0.964. The predicted molar refractivity (Wildman–Crippen MR) is 161 cm³/mol. The molecule has 0 bridgehead atoms. The van der Waals surface area contributed by atoms with Crippen LogP contribution in [0.3, 0.4) is 0 Å². The Balaban J connectivity index is 1.75. The molecule has 3 unspecified atom stereocenters. The molecule has 3 heterocycles. The summed E-state index contributed by atoms with van der Waals surface area (Å²) >= 11 is 3.04. The van der Waals surface area contributed by atoms with E-state index in [9.17, 15) is 24.3 Å². The van der Waals surface area contributed by atoms with Crippen molar-refractivity contribution in [3.8, 4) is 0 Å². The second-order valence-electron chi connectivity index (χ2n) is 11.4. The highest BCUT2D eigenvalue weighted by molar-refractivity contribution is 8.00. The van der Waals surface area contributed by atoms with Crippen molar-refractivity contribution < 1.29 is 29.0 Å². The van der Waals surface area contributed by atoms with Crippen LogP contribution in [0.25, 0.3) is 0 Å². The van der Waals surface area contributed by atoms with Crippen LogP contribution >= 0.6 is 23.1 Å². The summed E-state index contributed by atoms with van der Waals surface area (Å²) in [5, 5.41) is 14.4. The van der Waals surface area contributed by atoms with Crippen LogP contribution < -0.4 is 5.32 Å². The first-order valence-electron chi connectivity index (χ1n) is 14.1. The van der Waals surface area contributed by atoms with Gasteiger partial charge in [-0.15, -0.1) is 11.3 Å². The fraction of sp³-hybridized carbons (Fsp3) is 0.621. The van der Waals surface area contributed by atoms with Gasteiger partial charge in [0.25, 0.3) is 5.91 Å². The summed E-state index contributed by atoms with van der Waals surface area (Å²) in [6.45, 7) is 8.82. The number of hydrogen-bond donors (Lipinski definition) is 2. The number of thioether (sulfide) groups is 1. The number of carboxylic acid groups (broad SMARTS) is 1. The van der Waals surface area contributed by atoms with Crippen molar-refractivity contribution in [2.45, 2.75) is 78.5 Å². The molecule has 230 valence electrons. The van der Waals surface area contributed by atoms with Crippen LogP contribution in [0.1, 0.15) is 79.9 Å². The molecule has 2 aromatic rings. The number of aromatic nitrogens is 3. The zero-order valence-electron chi connectivity index (χ0n) is 25.0. The number of hydrogen-bond acceptors (Lipinski definition) is 10. The molecule has 1 aliphatic rings. The third-order valence-electron chi connectivity index (χ3n) is 7.28. The van der Waals surface area contributed by atoms with Crippen LogP contribution in [-0.4, -0.2) is 79.3 Å². The molecule has 13 heteroatoms. The molecule has 0 aliphatic carbocycles. The number of thiazole rings is 1. The minimum absolute atomic E-state index is 0.0685. The Bertz CT molecular complexity index is 1230. The van der Waals surface area contributed by atoms with Gasteiger partial charge in [-0.05, 0) is 42.2 Å². The quantitative estimate of drug-likeness (QED) is 0.281. The van der Waals surface area contributed by atoms with Crippen LogP contribution in [0.5, 0.6) is 0 Å². The van der Waals surface area contributed by atoms with E-state index >= 15 is 0 Å². The monoisotopic (exact) mass is 619 g/mol. The van der Waals surface area contributed by atoms with Gasteiger partial charge in [0.2, 0.25) is 5.91 Å². The van der Waals surface area contributed by atoms with Crippen molar-refractivity contribution in [2.75, 3.05) is 18.6 Å². The van der Waals surface area contributed by atoms with E-state index in [-0.39, 0.29) is 36.4 Å². The van der Waals surface area contributed by atoms with Crippen LogP contribution in [0.15, 0.2) is 17.8 Å². The fourth-order valence-electron chi connectivity index (χ4n) is 4.74. The number of esters is 1. The molecule has 0 radical (unpaired) electrons. The first kappa shape index (κ1) is 33.4. The number of carbonyl (C=O) groups excluding carboxylic acids is 3. The molecule has 42 heavy (non-hydrogen) atoms. The molecule has 0 spiro atoms. The molecule has 1 aliphatic heterocycles. The molecular formula is C29H41N5O6S2. The van der Waals surface area contributed by atoms with Gasteiger partial charge in [-0.1, -0.05) is 20.8 Å². The minimum Gasteiger partial charge on any atom is -0.481 e. The molecule has 4 atom stereocenters. The number of nitrogens with one attached hydrogen (secondary N) is 1. The Labute approximate surface area is 255 Å². The van der Waals surface area contributed by atoms with Crippen LogP contribution in [0.2, 0.25) is 0 Å². The van der Waals surface area contributed by atoms with Crippen molar-refractivity contribution in [3.63, 3.8) is 0 Å². The van der Waals surface area contributed by atoms with Crippen molar-refractivity contribution in [1.82, 2.24) is 25.2 Å². The maximum absolute atomic E-state index is 13.3. The molecule has 1 fully saturated rings. The molecule has 2 N–H and O–H groups in total. The lowest BCUT2D eigenvalue weighted by atomic mass is 9.95. The Morgan fingerprint density at radius 2 is 1.81 bits per heavy atom. The fourth-order valence-corrected chi connectivity index (χ4v) is 6.38. The zero-order chi connectivity index (χ0) is 31.0.